The fourth-order valence-corrected chi connectivity index (χ4v) is 4.66. The van der Waals surface area contributed by atoms with E-state index in [9.17, 15) is 21.6 Å². The molecule has 27 heavy (non-hydrogen) atoms. The molecule has 0 aliphatic heterocycles. The smallest absolute Gasteiger partial charge is 0.416 e. The third kappa shape index (κ3) is 4.05. The molecule has 0 aromatic heterocycles. The second kappa shape index (κ2) is 7.07. The van der Waals surface area contributed by atoms with Gasteiger partial charge in [-0.25, -0.2) is 8.42 Å². The van der Waals surface area contributed by atoms with Crippen molar-refractivity contribution in [3.8, 4) is 5.75 Å². The van der Waals surface area contributed by atoms with Gasteiger partial charge in [0.15, 0.2) is 0 Å². The number of ether oxygens (including phenoxy) is 1. The molecule has 0 aliphatic carbocycles. The number of sulfonamides is 1. The Bertz CT molecular complexity index is 967. The molecule has 4 nitrogen and oxygen atoms in total. The summed E-state index contributed by atoms with van der Waals surface area (Å²) in [6, 6.07) is 2.78. The van der Waals surface area contributed by atoms with Crippen molar-refractivity contribution in [3.05, 3.63) is 51.6 Å². The van der Waals surface area contributed by atoms with Gasteiger partial charge in [-0.05, 0) is 74.6 Å². The zero-order chi connectivity index (χ0) is 20.7. The van der Waals surface area contributed by atoms with E-state index < -0.39 is 21.8 Å². The predicted octanol–water partition coefficient (Wildman–Crippen LogP) is 5.06. The van der Waals surface area contributed by atoms with Crippen LogP contribution in [0.4, 0.5) is 18.9 Å². The summed E-state index contributed by atoms with van der Waals surface area (Å²) in [6.07, 6.45) is -4.63. The Balaban J connectivity index is 2.62. The van der Waals surface area contributed by atoms with E-state index in [0.29, 0.717) is 11.1 Å². The summed E-state index contributed by atoms with van der Waals surface area (Å²) >= 11 is 0. The first-order chi connectivity index (χ1) is 12.3. The first-order valence-corrected chi connectivity index (χ1v) is 9.64. The highest BCUT2D eigenvalue weighted by atomic mass is 32.2. The third-order valence-corrected chi connectivity index (χ3v) is 6.58. The molecule has 0 bridgehead atoms. The molecule has 8 heteroatoms. The van der Waals surface area contributed by atoms with Gasteiger partial charge < -0.3 is 4.74 Å². The minimum absolute atomic E-state index is 0.0829. The van der Waals surface area contributed by atoms with Gasteiger partial charge in [-0.1, -0.05) is 0 Å². The van der Waals surface area contributed by atoms with Gasteiger partial charge in [0.1, 0.15) is 5.75 Å². The number of anilines is 1. The lowest BCUT2D eigenvalue weighted by molar-refractivity contribution is -0.137. The van der Waals surface area contributed by atoms with Crippen LogP contribution in [0.15, 0.2) is 23.1 Å². The fourth-order valence-electron chi connectivity index (χ4n) is 3.01. The van der Waals surface area contributed by atoms with E-state index >= 15 is 0 Å². The molecule has 1 N–H and O–H groups in total. The molecule has 0 atom stereocenters. The van der Waals surface area contributed by atoms with Crippen LogP contribution in [0.2, 0.25) is 0 Å². The van der Waals surface area contributed by atoms with E-state index in [1.54, 1.807) is 13.8 Å². The van der Waals surface area contributed by atoms with Crippen LogP contribution in [0.5, 0.6) is 5.75 Å². The largest absolute Gasteiger partial charge is 0.497 e. The maximum atomic E-state index is 13.1. The van der Waals surface area contributed by atoms with E-state index in [1.165, 1.54) is 13.2 Å². The Hall–Kier alpha value is -2.22. The van der Waals surface area contributed by atoms with Crippen LogP contribution in [-0.2, 0) is 16.2 Å². The van der Waals surface area contributed by atoms with Crippen molar-refractivity contribution in [2.75, 3.05) is 11.8 Å². The average molecular weight is 401 g/mol. The molecule has 0 unspecified atom stereocenters. The second-order valence-electron chi connectivity index (χ2n) is 6.51. The Labute approximate surface area is 157 Å². The lowest BCUT2D eigenvalue weighted by Crippen LogP contribution is -2.18. The van der Waals surface area contributed by atoms with Crippen LogP contribution in [-0.4, -0.2) is 15.5 Å². The number of hydrogen-bond donors (Lipinski definition) is 1. The first kappa shape index (κ1) is 21.1. The van der Waals surface area contributed by atoms with E-state index in [2.05, 4.69) is 4.72 Å². The van der Waals surface area contributed by atoms with Crippen LogP contribution in [0.3, 0.4) is 0 Å². The van der Waals surface area contributed by atoms with Gasteiger partial charge >= 0.3 is 6.18 Å². The van der Waals surface area contributed by atoms with Crippen molar-refractivity contribution in [2.24, 2.45) is 0 Å². The van der Waals surface area contributed by atoms with Crippen LogP contribution in [0, 0.1) is 34.6 Å². The molecule has 0 saturated heterocycles. The SMILES string of the molecule is COc1cc(NS(=O)(=O)c2c(C)c(C)c(C)c(C)c2C)cc(C(F)(F)F)c1. The van der Waals surface area contributed by atoms with Crippen LogP contribution < -0.4 is 9.46 Å². The van der Waals surface area contributed by atoms with Gasteiger partial charge in [-0.2, -0.15) is 13.2 Å². The molecule has 0 amide bonds. The lowest BCUT2D eigenvalue weighted by atomic mass is 9.95. The Kier molecular flexibility index (Phi) is 5.52. The highest BCUT2D eigenvalue weighted by Gasteiger charge is 2.32. The van der Waals surface area contributed by atoms with Crippen molar-refractivity contribution >= 4 is 15.7 Å². The highest BCUT2D eigenvalue weighted by molar-refractivity contribution is 7.92. The quantitative estimate of drug-likeness (QED) is 0.779. The monoisotopic (exact) mass is 401 g/mol. The van der Waals surface area contributed by atoms with Gasteiger partial charge in [0.25, 0.3) is 10.0 Å². The molecular weight excluding hydrogens is 379 g/mol. The third-order valence-electron chi connectivity index (χ3n) is 4.92. The number of methoxy groups -OCH3 is 1. The summed E-state index contributed by atoms with van der Waals surface area (Å²) in [6.45, 7) is 8.94. The molecule has 2 rings (SSSR count). The molecular formula is C19H22F3NO3S. The molecule has 2 aromatic carbocycles. The second-order valence-corrected chi connectivity index (χ2v) is 8.13. The van der Waals surface area contributed by atoms with Crippen LogP contribution >= 0.6 is 0 Å². The molecule has 0 saturated carbocycles. The highest BCUT2D eigenvalue weighted by Crippen LogP contribution is 2.36. The van der Waals surface area contributed by atoms with Crippen molar-refractivity contribution in [2.45, 2.75) is 45.7 Å². The van der Waals surface area contributed by atoms with Crippen LogP contribution in [0.1, 0.15) is 33.4 Å². The minimum atomic E-state index is -4.63. The van der Waals surface area contributed by atoms with E-state index in [1.807, 2.05) is 20.8 Å². The zero-order valence-electron chi connectivity index (χ0n) is 16.0. The van der Waals surface area contributed by atoms with Gasteiger partial charge in [-0.15, -0.1) is 0 Å². The number of rotatable bonds is 4. The topological polar surface area (TPSA) is 55.4 Å². The van der Waals surface area contributed by atoms with Crippen molar-refractivity contribution in [1.82, 2.24) is 0 Å². The summed E-state index contributed by atoms with van der Waals surface area (Å²) in [4.78, 5) is 0.0829. The fraction of sp³-hybridized carbons (Fsp3) is 0.368. The Morgan fingerprint density at radius 1 is 0.852 bits per heavy atom. The summed E-state index contributed by atoms with van der Waals surface area (Å²) in [7, 11) is -2.88. The van der Waals surface area contributed by atoms with Gasteiger partial charge in [0.2, 0.25) is 0 Å². The minimum Gasteiger partial charge on any atom is -0.497 e. The summed E-state index contributed by atoms with van der Waals surface area (Å²) in [5.74, 6) is -0.0905. The summed E-state index contributed by atoms with van der Waals surface area (Å²) in [5, 5.41) is 0. The van der Waals surface area contributed by atoms with Crippen molar-refractivity contribution in [1.29, 1.82) is 0 Å². The number of alkyl halides is 3. The molecule has 148 valence electrons. The van der Waals surface area contributed by atoms with Gasteiger partial charge in [0, 0.05) is 6.07 Å². The van der Waals surface area contributed by atoms with Gasteiger partial charge in [0.05, 0.1) is 23.3 Å². The van der Waals surface area contributed by atoms with E-state index in [4.69, 9.17) is 4.74 Å². The molecule has 0 radical (unpaired) electrons. The Morgan fingerprint density at radius 3 is 1.78 bits per heavy atom. The maximum Gasteiger partial charge on any atom is 0.416 e. The van der Waals surface area contributed by atoms with Crippen LogP contribution in [0.25, 0.3) is 0 Å². The maximum absolute atomic E-state index is 13.1. The average Bonchev–Trinajstić information content (AvgIpc) is 2.56. The molecule has 0 spiro atoms. The summed E-state index contributed by atoms with van der Waals surface area (Å²) < 4.78 is 72.4. The van der Waals surface area contributed by atoms with Gasteiger partial charge in [-0.3, -0.25) is 4.72 Å². The Morgan fingerprint density at radius 2 is 1.33 bits per heavy atom. The van der Waals surface area contributed by atoms with E-state index in [0.717, 1.165) is 28.8 Å². The molecule has 0 heterocycles. The number of benzene rings is 2. The molecule has 0 aliphatic rings. The van der Waals surface area contributed by atoms with Crippen molar-refractivity contribution in [3.63, 3.8) is 0 Å². The zero-order valence-corrected chi connectivity index (χ0v) is 16.8. The van der Waals surface area contributed by atoms with E-state index in [-0.39, 0.29) is 16.3 Å². The molecule has 0 fully saturated rings. The first-order valence-electron chi connectivity index (χ1n) is 8.15. The number of halogens is 3. The predicted molar refractivity (Wildman–Crippen MR) is 98.9 cm³/mol. The summed E-state index contributed by atoms with van der Waals surface area (Å²) in [5.41, 5.74) is 2.59. The molecule has 2 aromatic rings. The lowest BCUT2D eigenvalue weighted by Gasteiger charge is -2.20. The van der Waals surface area contributed by atoms with Crippen molar-refractivity contribution < 1.29 is 26.3 Å². The standard InChI is InChI=1S/C19H22F3NO3S/c1-10-11(2)13(4)18(14(5)12(10)3)27(24,25)23-16-7-15(19(20,21)22)8-17(9-16)26-6/h7-9,23H,1-6H3. The normalized spacial score (nSPS) is 12.2. The number of nitrogens with one attached hydrogen (secondary N) is 1. The number of hydrogen-bond acceptors (Lipinski definition) is 3.